The predicted octanol–water partition coefficient (Wildman–Crippen LogP) is 2.05. The molecule has 11 heteroatoms. The molecule has 1 aliphatic carbocycles. The van der Waals surface area contributed by atoms with E-state index in [1.165, 1.54) is 19.2 Å². The number of esters is 1. The summed E-state index contributed by atoms with van der Waals surface area (Å²) in [5.41, 5.74) is 5.10. The van der Waals surface area contributed by atoms with Crippen molar-refractivity contribution in [2.45, 2.75) is 30.6 Å². The maximum atomic E-state index is 12.7. The first-order valence-corrected chi connectivity index (χ1v) is 12.4. The fourth-order valence-corrected chi connectivity index (χ4v) is 4.57. The molecule has 0 aliphatic heterocycles. The van der Waals surface area contributed by atoms with E-state index in [0.29, 0.717) is 5.56 Å². The number of anilines is 1. The van der Waals surface area contributed by atoms with Crippen molar-refractivity contribution >= 4 is 29.6 Å². The Bertz CT molecular complexity index is 1360. The maximum Gasteiger partial charge on any atom is 0.407 e. The van der Waals surface area contributed by atoms with Crippen molar-refractivity contribution in [3.8, 4) is 11.1 Å². The monoisotopic (exact) mass is 548 g/mol. The zero-order chi connectivity index (χ0) is 28.8. The number of rotatable bonds is 10. The number of benzene rings is 3. The fraction of sp³-hybridized carbons (Fsp3) is 0.241. The quantitative estimate of drug-likeness (QED) is 0.238. The van der Waals surface area contributed by atoms with E-state index in [1.54, 1.807) is 12.1 Å². The summed E-state index contributed by atoms with van der Waals surface area (Å²) in [4.78, 5) is 47.8. The van der Waals surface area contributed by atoms with Crippen LogP contribution in [0.1, 0.15) is 22.6 Å². The lowest BCUT2D eigenvalue weighted by atomic mass is 9.98. The average molecular weight is 549 g/mol. The number of hydrogen-bond acceptors (Lipinski definition) is 8. The summed E-state index contributed by atoms with van der Waals surface area (Å²) in [7, 11) is 1.20. The van der Waals surface area contributed by atoms with Gasteiger partial charge in [0.1, 0.15) is 12.6 Å². The van der Waals surface area contributed by atoms with Crippen LogP contribution in [0.15, 0.2) is 72.8 Å². The molecule has 0 aromatic heterocycles. The number of carboxylic acids is 1. The number of aliphatic hydroxyl groups is 2. The number of alkyl carbamates (subject to hydrolysis) is 1. The Morgan fingerprint density at radius 2 is 1.43 bits per heavy atom. The standard InChI is InChI=1S/C29H28N2O9/c1-39-28(37)23(14-16-10-12-17(13-11-16)30-26(34)24(32)25(33)27(35)36)31-29(38)40-15-22-20-8-4-2-6-18(20)19-7-3-5-9-21(19)22/h2-13,22-25,32-33H,14-15H2,1H3,(H,30,34)(H,31,38)(H,35,36)/t23?,24-,25-/m1/s1. The lowest BCUT2D eigenvalue weighted by Gasteiger charge is -2.19. The first-order valence-electron chi connectivity index (χ1n) is 12.4. The summed E-state index contributed by atoms with van der Waals surface area (Å²) in [5, 5.41) is 32.5. The molecule has 3 atom stereocenters. The minimum Gasteiger partial charge on any atom is -0.479 e. The van der Waals surface area contributed by atoms with Crippen molar-refractivity contribution in [3.63, 3.8) is 0 Å². The molecule has 0 bridgehead atoms. The van der Waals surface area contributed by atoms with Gasteiger partial charge in [-0.3, -0.25) is 4.79 Å². The second-order valence-corrected chi connectivity index (χ2v) is 9.16. The topological polar surface area (TPSA) is 171 Å². The van der Waals surface area contributed by atoms with Gasteiger partial charge >= 0.3 is 18.0 Å². The number of amides is 2. The van der Waals surface area contributed by atoms with Gasteiger partial charge in [0.25, 0.3) is 5.91 Å². The number of hydrogen-bond donors (Lipinski definition) is 5. The van der Waals surface area contributed by atoms with Crippen LogP contribution in [0.25, 0.3) is 11.1 Å². The summed E-state index contributed by atoms with van der Waals surface area (Å²) in [5.74, 6) is -3.67. The van der Waals surface area contributed by atoms with Gasteiger partial charge in [-0.15, -0.1) is 0 Å². The molecule has 4 rings (SSSR count). The molecule has 11 nitrogen and oxygen atoms in total. The molecule has 0 fully saturated rings. The number of aliphatic hydroxyl groups excluding tert-OH is 2. The van der Waals surface area contributed by atoms with Gasteiger partial charge < -0.3 is 35.4 Å². The van der Waals surface area contributed by atoms with Crippen LogP contribution in [0.4, 0.5) is 10.5 Å². The van der Waals surface area contributed by atoms with Gasteiger partial charge in [-0.1, -0.05) is 60.7 Å². The number of fused-ring (bicyclic) bond motifs is 3. The highest BCUT2D eigenvalue weighted by atomic mass is 16.6. The molecule has 208 valence electrons. The highest BCUT2D eigenvalue weighted by Gasteiger charge is 2.31. The molecule has 0 heterocycles. The highest BCUT2D eigenvalue weighted by molar-refractivity contribution is 5.97. The van der Waals surface area contributed by atoms with Crippen LogP contribution in [0, 0.1) is 0 Å². The first-order chi connectivity index (χ1) is 19.2. The molecular formula is C29H28N2O9. The van der Waals surface area contributed by atoms with Gasteiger partial charge in [0.15, 0.2) is 12.2 Å². The van der Waals surface area contributed by atoms with Crippen molar-refractivity contribution in [1.29, 1.82) is 0 Å². The summed E-state index contributed by atoms with van der Waals surface area (Å²) in [6.45, 7) is 0.0740. The molecule has 0 saturated carbocycles. The Morgan fingerprint density at radius 3 is 1.98 bits per heavy atom. The van der Waals surface area contributed by atoms with Gasteiger partial charge in [0.2, 0.25) is 0 Å². The Labute approximate surface area is 229 Å². The van der Waals surface area contributed by atoms with Crippen molar-refractivity contribution in [2.24, 2.45) is 0 Å². The zero-order valence-corrected chi connectivity index (χ0v) is 21.4. The third-order valence-corrected chi connectivity index (χ3v) is 6.60. The Morgan fingerprint density at radius 1 is 0.850 bits per heavy atom. The fourth-order valence-electron chi connectivity index (χ4n) is 4.57. The number of carbonyl (C=O) groups is 4. The second kappa shape index (κ2) is 12.4. The molecule has 0 saturated heterocycles. The molecular weight excluding hydrogens is 520 g/mol. The molecule has 1 aliphatic rings. The number of ether oxygens (including phenoxy) is 2. The van der Waals surface area contributed by atoms with Crippen LogP contribution < -0.4 is 10.6 Å². The Kier molecular flexibility index (Phi) is 8.77. The molecule has 0 spiro atoms. The van der Waals surface area contributed by atoms with E-state index in [0.717, 1.165) is 22.3 Å². The van der Waals surface area contributed by atoms with Gasteiger partial charge in [-0.25, -0.2) is 14.4 Å². The average Bonchev–Trinajstić information content (AvgIpc) is 3.28. The van der Waals surface area contributed by atoms with Crippen molar-refractivity contribution in [3.05, 3.63) is 89.5 Å². The third kappa shape index (κ3) is 6.28. The number of carbonyl (C=O) groups excluding carboxylic acids is 3. The molecule has 40 heavy (non-hydrogen) atoms. The normalized spacial score (nSPS) is 14.2. The minimum absolute atomic E-state index is 0.0471. The van der Waals surface area contributed by atoms with Crippen LogP contribution >= 0.6 is 0 Å². The smallest absolute Gasteiger partial charge is 0.407 e. The summed E-state index contributed by atoms with van der Waals surface area (Å²) < 4.78 is 10.4. The zero-order valence-electron chi connectivity index (χ0n) is 21.4. The van der Waals surface area contributed by atoms with Gasteiger partial charge in [-0.05, 0) is 39.9 Å². The largest absolute Gasteiger partial charge is 0.479 e. The molecule has 1 unspecified atom stereocenters. The van der Waals surface area contributed by atoms with Crippen LogP contribution in [-0.2, 0) is 30.3 Å². The van der Waals surface area contributed by atoms with E-state index in [1.807, 2.05) is 48.5 Å². The van der Waals surface area contributed by atoms with E-state index < -0.39 is 42.2 Å². The molecule has 2 amide bonds. The SMILES string of the molecule is COC(=O)C(Cc1ccc(NC(=O)[C@H](O)[C@@H](O)C(=O)O)cc1)NC(=O)OCC1c2ccccc2-c2ccccc21. The molecule has 3 aromatic carbocycles. The van der Waals surface area contributed by atoms with Crippen LogP contribution in [-0.4, -0.2) is 71.2 Å². The van der Waals surface area contributed by atoms with Crippen LogP contribution in [0.5, 0.6) is 0 Å². The van der Waals surface area contributed by atoms with Crippen molar-refractivity contribution in [2.75, 3.05) is 19.0 Å². The number of carboxylic acid groups (broad SMARTS) is 1. The molecule has 0 radical (unpaired) electrons. The first kappa shape index (κ1) is 28.3. The number of nitrogens with one attached hydrogen (secondary N) is 2. The van der Waals surface area contributed by atoms with Gasteiger partial charge in [0, 0.05) is 18.0 Å². The van der Waals surface area contributed by atoms with Crippen LogP contribution in [0.3, 0.4) is 0 Å². The number of aliphatic carboxylic acids is 1. The summed E-state index contributed by atoms with van der Waals surface area (Å²) in [6, 6.07) is 20.8. The summed E-state index contributed by atoms with van der Waals surface area (Å²) >= 11 is 0. The third-order valence-electron chi connectivity index (χ3n) is 6.60. The highest BCUT2D eigenvalue weighted by Crippen LogP contribution is 2.44. The van der Waals surface area contributed by atoms with Crippen LogP contribution in [0.2, 0.25) is 0 Å². The number of methoxy groups -OCH3 is 1. The van der Waals surface area contributed by atoms with E-state index >= 15 is 0 Å². The van der Waals surface area contributed by atoms with E-state index in [-0.39, 0.29) is 24.6 Å². The van der Waals surface area contributed by atoms with E-state index in [9.17, 15) is 29.4 Å². The lowest BCUT2D eigenvalue weighted by molar-refractivity contribution is -0.156. The van der Waals surface area contributed by atoms with E-state index in [4.69, 9.17) is 14.6 Å². The summed E-state index contributed by atoms with van der Waals surface area (Å²) in [6.07, 6.45) is -5.18. The molecule has 3 aromatic rings. The molecule has 5 N–H and O–H groups in total. The van der Waals surface area contributed by atoms with Crippen molar-refractivity contribution < 1.29 is 44.0 Å². The Balaban J connectivity index is 1.36. The maximum absolute atomic E-state index is 12.7. The lowest BCUT2D eigenvalue weighted by Crippen LogP contribution is -2.43. The predicted molar refractivity (Wildman–Crippen MR) is 142 cm³/mol. The van der Waals surface area contributed by atoms with Gasteiger partial charge in [0.05, 0.1) is 7.11 Å². The minimum atomic E-state index is -2.27. The second-order valence-electron chi connectivity index (χ2n) is 9.16. The Hall–Kier alpha value is -4.74. The van der Waals surface area contributed by atoms with Crippen molar-refractivity contribution in [1.82, 2.24) is 5.32 Å². The van der Waals surface area contributed by atoms with Gasteiger partial charge in [-0.2, -0.15) is 0 Å². The van der Waals surface area contributed by atoms with E-state index in [2.05, 4.69) is 10.6 Å².